The minimum Gasteiger partial charge on any atom is -0.496 e. The molecule has 2 aromatic rings. The van der Waals surface area contributed by atoms with E-state index in [-0.39, 0.29) is 6.04 Å². The van der Waals surface area contributed by atoms with Gasteiger partial charge in [-0.05, 0) is 43.2 Å². The van der Waals surface area contributed by atoms with Crippen LogP contribution >= 0.6 is 23.1 Å². The van der Waals surface area contributed by atoms with Gasteiger partial charge in [0.1, 0.15) is 5.75 Å². The molecule has 2 rings (SSSR count). The number of aryl methyl sites for hydroxylation is 1. The molecule has 19 heavy (non-hydrogen) atoms. The Morgan fingerprint density at radius 3 is 2.89 bits per heavy atom. The zero-order chi connectivity index (χ0) is 13.8. The Kier molecular flexibility index (Phi) is 4.74. The Morgan fingerprint density at radius 1 is 1.47 bits per heavy atom. The Balaban J connectivity index is 2.50. The summed E-state index contributed by atoms with van der Waals surface area (Å²) in [5.74, 6) is 0.805. The Labute approximate surface area is 121 Å². The topological polar surface area (TPSA) is 47.0 Å². The summed E-state index contributed by atoms with van der Waals surface area (Å²) in [5.41, 5.74) is 2.00. The van der Waals surface area contributed by atoms with Crippen LogP contribution in [-0.2, 0) is 6.42 Å². The first-order chi connectivity index (χ1) is 9.21. The molecule has 0 spiro atoms. The highest BCUT2D eigenvalue weighted by atomic mass is 35.5. The predicted molar refractivity (Wildman–Crippen MR) is 78.2 cm³/mol. The van der Waals surface area contributed by atoms with Crippen LogP contribution in [-0.4, -0.2) is 23.7 Å². The molecule has 1 N–H and O–H groups in total. The zero-order valence-corrected chi connectivity index (χ0v) is 12.7. The monoisotopic (exact) mass is 297 g/mol. The van der Waals surface area contributed by atoms with Gasteiger partial charge in [-0.2, -0.15) is 0 Å². The summed E-state index contributed by atoms with van der Waals surface area (Å²) in [6.45, 7) is 2.07. The number of rotatable bonds is 5. The lowest BCUT2D eigenvalue weighted by atomic mass is 10.0. The quantitative estimate of drug-likeness (QED) is 0.921. The SMILES string of the molecule is CCc1nnsc1C(NC)c1cc(Cl)ccc1OC. The molecule has 0 radical (unpaired) electrons. The standard InChI is InChI=1S/C13H16ClN3OS/c1-4-10-13(19-17-16-10)12(15-2)9-7-8(14)5-6-11(9)18-3/h5-7,12,15H,4H2,1-3H3. The van der Waals surface area contributed by atoms with E-state index in [9.17, 15) is 0 Å². The van der Waals surface area contributed by atoms with Gasteiger partial charge in [0.05, 0.1) is 23.7 Å². The maximum absolute atomic E-state index is 6.10. The largest absolute Gasteiger partial charge is 0.496 e. The van der Waals surface area contributed by atoms with E-state index in [1.807, 2.05) is 25.2 Å². The third-order valence-electron chi connectivity index (χ3n) is 2.97. The molecule has 1 aromatic carbocycles. The fraction of sp³-hybridized carbons (Fsp3) is 0.385. The molecule has 4 nitrogen and oxygen atoms in total. The van der Waals surface area contributed by atoms with Crippen molar-refractivity contribution in [1.29, 1.82) is 0 Å². The van der Waals surface area contributed by atoms with Gasteiger partial charge in [-0.15, -0.1) is 5.10 Å². The van der Waals surface area contributed by atoms with Crippen LogP contribution in [0.15, 0.2) is 18.2 Å². The average Bonchev–Trinajstić information content (AvgIpc) is 2.88. The highest BCUT2D eigenvalue weighted by Crippen LogP contribution is 2.34. The second-order valence-corrected chi connectivity index (χ2v) is 5.27. The molecule has 0 aliphatic carbocycles. The third-order valence-corrected chi connectivity index (χ3v) is 4.04. The van der Waals surface area contributed by atoms with Crippen LogP contribution in [0.5, 0.6) is 5.75 Å². The number of benzene rings is 1. The molecule has 0 amide bonds. The van der Waals surface area contributed by atoms with Crippen LogP contribution in [0.2, 0.25) is 5.02 Å². The minimum atomic E-state index is -0.0106. The summed E-state index contributed by atoms with van der Waals surface area (Å²) in [7, 11) is 3.56. The van der Waals surface area contributed by atoms with Crippen molar-refractivity contribution >= 4 is 23.1 Å². The molecule has 1 heterocycles. The smallest absolute Gasteiger partial charge is 0.124 e. The van der Waals surface area contributed by atoms with Crippen LogP contribution in [0.4, 0.5) is 0 Å². The molecule has 0 aliphatic rings. The number of nitrogens with zero attached hydrogens (tertiary/aromatic N) is 2. The number of hydrogen-bond acceptors (Lipinski definition) is 5. The predicted octanol–water partition coefficient (Wildman–Crippen LogP) is 3.07. The van der Waals surface area contributed by atoms with Gasteiger partial charge in [-0.3, -0.25) is 0 Å². The minimum absolute atomic E-state index is 0.0106. The second-order valence-electron chi connectivity index (χ2n) is 4.05. The van der Waals surface area contributed by atoms with Crippen molar-refractivity contribution in [2.45, 2.75) is 19.4 Å². The molecule has 1 aromatic heterocycles. The lowest BCUT2D eigenvalue weighted by Gasteiger charge is -2.18. The average molecular weight is 298 g/mol. The van der Waals surface area contributed by atoms with Gasteiger partial charge >= 0.3 is 0 Å². The first-order valence-electron chi connectivity index (χ1n) is 6.03. The van der Waals surface area contributed by atoms with Gasteiger partial charge in [-0.1, -0.05) is 23.0 Å². The normalized spacial score (nSPS) is 12.4. The summed E-state index contributed by atoms with van der Waals surface area (Å²) in [4.78, 5) is 1.10. The van der Waals surface area contributed by atoms with Crippen LogP contribution in [0.25, 0.3) is 0 Å². The van der Waals surface area contributed by atoms with E-state index in [1.165, 1.54) is 11.5 Å². The van der Waals surface area contributed by atoms with E-state index in [2.05, 4.69) is 21.8 Å². The van der Waals surface area contributed by atoms with Crippen LogP contribution < -0.4 is 10.1 Å². The van der Waals surface area contributed by atoms with E-state index in [4.69, 9.17) is 16.3 Å². The van der Waals surface area contributed by atoms with E-state index >= 15 is 0 Å². The van der Waals surface area contributed by atoms with E-state index in [0.29, 0.717) is 5.02 Å². The Hall–Kier alpha value is -1.17. The molecular weight excluding hydrogens is 282 g/mol. The lowest BCUT2D eigenvalue weighted by Crippen LogP contribution is -2.18. The lowest BCUT2D eigenvalue weighted by molar-refractivity contribution is 0.405. The summed E-state index contributed by atoms with van der Waals surface area (Å²) in [6, 6.07) is 5.61. The second kappa shape index (κ2) is 6.32. The molecule has 102 valence electrons. The zero-order valence-electron chi connectivity index (χ0n) is 11.1. The van der Waals surface area contributed by atoms with Crippen LogP contribution in [0.3, 0.4) is 0 Å². The first-order valence-corrected chi connectivity index (χ1v) is 7.18. The van der Waals surface area contributed by atoms with Crippen LogP contribution in [0.1, 0.15) is 29.1 Å². The first kappa shape index (κ1) is 14.2. The molecule has 1 atom stereocenters. The van der Waals surface area contributed by atoms with Crippen molar-refractivity contribution in [3.8, 4) is 5.75 Å². The van der Waals surface area contributed by atoms with Crippen molar-refractivity contribution < 1.29 is 4.74 Å². The molecule has 0 saturated heterocycles. The number of hydrogen-bond donors (Lipinski definition) is 1. The fourth-order valence-corrected chi connectivity index (χ4v) is 3.09. The summed E-state index contributed by atoms with van der Waals surface area (Å²) in [5, 5.41) is 8.14. The van der Waals surface area contributed by atoms with Crippen molar-refractivity contribution in [3.63, 3.8) is 0 Å². The van der Waals surface area contributed by atoms with Gasteiger partial charge in [0.25, 0.3) is 0 Å². The van der Waals surface area contributed by atoms with E-state index in [0.717, 1.165) is 28.3 Å². The summed E-state index contributed by atoms with van der Waals surface area (Å²) < 4.78 is 9.46. The molecule has 6 heteroatoms. The molecule has 1 unspecified atom stereocenters. The third kappa shape index (κ3) is 2.88. The maximum Gasteiger partial charge on any atom is 0.124 e. The number of aromatic nitrogens is 2. The molecular formula is C13H16ClN3OS. The summed E-state index contributed by atoms with van der Waals surface area (Å²) >= 11 is 7.50. The number of ether oxygens (including phenoxy) is 1. The number of halogens is 1. The van der Waals surface area contributed by atoms with E-state index < -0.39 is 0 Å². The Bertz CT molecular complexity index is 559. The fourth-order valence-electron chi connectivity index (χ4n) is 2.04. The molecule has 0 fully saturated rings. The Morgan fingerprint density at radius 2 is 2.26 bits per heavy atom. The van der Waals surface area contributed by atoms with Gasteiger partial charge in [0, 0.05) is 10.6 Å². The van der Waals surface area contributed by atoms with Crippen molar-refractivity contribution in [3.05, 3.63) is 39.4 Å². The molecule has 0 saturated carbocycles. The van der Waals surface area contributed by atoms with E-state index in [1.54, 1.807) is 7.11 Å². The molecule has 0 aliphatic heterocycles. The summed E-state index contributed by atoms with van der Waals surface area (Å²) in [6.07, 6.45) is 0.854. The van der Waals surface area contributed by atoms with Gasteiger partial charge in [-0.25, -0.2) is 0 Å². The van der Waals surface area contributed by atoms with Crippen molar-refractivity contribution in [1.82, 2.24) is 14.9 Å². The number of methoxy groups -OCH3 is 1. The van der Waals surface area contributed by atoms with Gasteiger partial charge in [0.2, 0.25) is 0 Å². The highest BCUT2D eigenvalue weighted by Gasteiger charge is 2.22. The molecule has 0 bridgehead atoms. The van der Waals surface area contributed by atoms with Gasteiger partial charge in [0.15, 0.2) is 0 Å². The van der Waals surface area contributed by atoms with Crippen LogP contribution in [0, 0.1) is 0 Å². The van der Waals surface area contributed by atoms with Crippen molar-refractivity contribution in [2.24, 2.45) is 0 Å². The number of nitrogens with one attached hydrogen (secondary N) is 1. The van der Waals surface area contributed by atoms with Gasteiger partial charge < -0.3 is 10.1 Å². The maximum atomic E-state index is 6.10. The highest BCUT2D eigenvalue weighted by molar-refractivity contribution is 7.05. The van der Waals surface area contributed by atoms with Crippen molar-refractivity contribution in [2.75, 3.05) is 14.2 Å².